The molecule has 0 bridgehead atoms. The number of rotatable bonds is 10. The Kier molecular flexibility index (Phi) is 11.6. The summed E-state index contributed by atoms with van der Waals surface area (Å²) in [5, 5.41) is 0.665. The van der Waals surface area contributed by atoms with Gasteiger partial charge in [-0.2, -0.15) is 0 Å². The maximum Gasteiger partial charge on any atom is 0.192 e. The minimum absolute atomic E-state index is 0.213. The van der Waals surface area contributed by atoms with Crippen molar-refractivity contribution in [2.45, 2.75) is 182 Å². The maximum atomic E-state index is 7.21. The Balaban J connectivity index is 2.01. The van der Waals surface area contributed by atoms with Crippen LogP contribution in [0.25, 0.3) is 0 Å². The van der Waals surface area contributed by atoms with Crippen LogP contribution < -0.4 is 0 Å². The van der Waals surface area contributed by atoms with Gasteiger partial charge in [0, 0.05) is 19.3 Å². The van der Waals surface area contributed by atoms with Crippen LogP contribution in [0.4, 0.5) is 0 Å². The average Bonchev–Trinajstić information content (AvgIpc) is 3.21. The van der Waals surface area contributed by atoms with E-state index >= 15 is 0 Å². The molecule has 264 valence electrons. The van der Waals surface area contributed by atoms with E-state index in [9.17, 15) is 0 Å². The van der Waals surface area contributed by atoms with E-state index < -0.39 is 25.0 Å². The minimum atomic E-state index is -1.89. The van der Waals surface area contributed by atoms with Crippen molar-refractivity contribution in [3.8, 4) is 0 Å². The van der Waals surface area contributed by atoms with Gasteiger partial charge in [0.1, 0.15) is 0 Å². The van der Waals surface area contributed by atoms with Crippen LogP contribution in [0.15, 0.2) is 12.7 Å². The third kappa shape index (κ3) is 8.03. The molecule has 3 nitrogen and oxygen atoms in total. The summed E-state index contributed by atoms with van der Waals surface area (Å²) in [7, 11) is -5.62. The second-order valence-electron chi connectivity index (χ2n) is 21.0. The van der Waals surface area contributed by atoms with E-state index in [1.807, 2.05) is 0 Å². The number of hydrogen-bond acceptors (Lipinski definition) is 3. The smallest absolute Gasteiger partial charge is 0.192 e. The van der Waals surface area contributed by atoms with Crippen molar-refractivity contribution in [2.24, 2.45) is 40.4 Å². The molecule has 0 heterocycles. The Bertz CT molecular complexity index is 1020. The SMILES string of the molecule is C=CC1CCC2[C@H](CO[Si](C)(C)C(C)(C)C)C([C@@]3(C)CC[C@H](O[Si](C)(C)C(C)(C)C)C[C@@H]3CO[Si](C)(C)C(C)(C)C)CC[C@]12C. The zero-order valence-corrected chi connectivity index (χ0v) is 36.3. The lowest BCUT2D eigenvalue weighted by Crippen LogP contribution is -2.55. The van der Waals surface area contributed by atoms with Gasteiger partial charge in [-0.1, -0.05) is 82.2 Å². The molecule has 0 N–H and O–H groups in total. The predicted molar refractivity (Wildman–Crippen MR) is 205 cm³/mol. The zero-order valence-electron chi connectivity index (χ0n) is 33.3. The summed E-state index contributed by atoms with van der Waals surface area (Å²) in [5.41, 5.74) is 0.580. The highest BCUT2D eigenvalue weighted by Crippen LogP contribution is 2.64. The molecule has 8 atom stereocenters. The first-order chi connectivity index (χ1) is 20.1. The Labute approximate surface area is 285 Å². The van der Waals surface area contributed by atoms with Crippen molar-refractivity contribution < 1.29 is 13.3 Å². The lowest BCUT2D eigenvalue weighted by Gasteiger charge is -2.58. The van der Waals surface area contributed by atoms with Gasteiger partial charge in [0.2, 0.25) is 0 Å². The number of fused-ring (bicyclic) bond motifs is 1. The monoisotopic (exact) mass is 679 g/mol. The second-order valence-corrected chi connectivity index (χ2v) is 35.3. The van der Waals surface area contributed by atoms with Crippen LogP contribution in [-0.4, -0.2) is 44.3 Å². The van der Waals surface area contributed by atoms with Crippen molar-refractivity contribution in [1.82, 2.24) is 0 Å². The minimum Gasteiger partial charge on any atom is -0.417 e. The number of hydrogen-bond donors (Lipinski definition) is 0. The van der Waals surface area contributed by atoms with E-state index in [2.05, 4.69) is 128 Å². The first kappa shape index (κ1) is 39.7. The molecule has 0 radical (unpaired) electrons. The Morgan fingerprint density at radius 3 is 1.60 bits per heavy atom. The normalized spacial score (nSPS) is 35.8. The van der Waals surface area contributed by atoms with Gasteiger partial charge in [0.05, 0.1) is 0 Å². The van der Waals surface area contributed by atoms with Crippen molar-refractivity contribution >= 4 is 25.0 Å². The van der Waals surface area contributed by atoms with E-state index in [1.54, 1.807) is 0 Å². The van der Waals surface area contributed by atoms with Crippen molar-refractivity contribution in [1.29, 1.82) is 0 Å². The highest BCUT2D eigenvalue weighted by atomic mass is 28.4. The van der Waals surface area contributed by atoms with Crippen LogP contribution in [0, 0.1) is 40.4 Å². The fraction of sp³-hybridized carbons (Fsp3) is 0.949. The molecular weight excluding hydrogens is 601 g/mol. The molecule has 3 fully saturated rings. The summed E-state index contributed by atoms with van der Waals surface area (Å²) in [4.78, 5) is 0. The Hall–Kier alpha value is 0.271. The largest absolute Gasteiger partial charge is 0.417 e. The average molecular weight is 679 g/mol. The van der Waals surface area contributed by atoms with Crippen LogP contribution in [0.1, 0.15) is 121 Å². The van der Waals surface area contributed by atoms with E-state index in [0.717, 1.165) is 19.6 Å². The fourth-order valence-electron chi connectivity index (χ4n) is 8.64. The summed E-state index contributed by atoms with van der Waals surface area (Å²) < 4.78 is 21.6. The predicted octanol–water partition coefficient (Wildman–Crippen LogP) is 12.5. The molecule has 0 aromatic heterocycles. The lowest BCUT2D eigenvalue weighted by molar-refractivity contribution is -0.108. The van der Waals surface area contributed by atoms with Gasteiger partial charge >= 0.3 is 0 Å². The summed E-state index contributed by atoms with van der Waals surface area (Å²) in [6.07, 6.45) is 11.5. The van der Waals surface area contributed by atoms with Crippen LogP contribution in [-0.2, 0) is 13.3 Å². The highest BCUT2D eigenvalue weighted by Gasteiger charge is 2.59. The summed E-state index contributed by atoms with van der Waals surface area (Å²) in [6.45, 7) is 47.6. The Morgan fingerprint density at radius 2 is 1.11 bits per heavy atom. The van der Waals surface area contributed by atoms with Gasteiger partial charge < -0.3 is 13.3 Å². The second kappa shape index (κ2) is 13.2. The van der Waals surface area contributed by atoms with Crippen molar-refractivity contribution in [3.63, 3.8) is 0 Å². The van der Waals surface area contributed by atoms with Gasteiger partial charge in [-0.05, 0) is 140 Å². The summed E-state index contributed by atoms with van der Waals surface area (Å²) in [6, 6.07) is 0. The molecular formula is C39H78O3Si3. The molecule has 6 heteroatoms. The Morgan fingerprint density at radius 1 is 0.644 bits per heavy atom. The first-order valence-electron chi connectivity index (χ1n) is 18.7. The fourth-order valence-corrected chi connectivity index (χ4v) is 12.1. The van der Waals surface area contributed by atoms with Crippen LogP contribution >= 0.6 is 0 Å². The third-order valence-electron chi connectivity index (χ3n) is 15.3. The van der Waals surface area contributed by atoms with Crippen LogP contribution in [0.3, 0.4) is 0 Å². The summed E-state index contributed by atoms with van der Waals surface area (Å²) >= 11 is 0. The van der Waals surface area contributed by atoms with E-state index in [4.69, 9.17) is 13.3 Å². The lowest BCUT2D eigenvalue weighted by atomic mass is 9.49. The van der Waals surface area contributed by atoms with E-state index in [0.29, 0.717) is 41.1 Å². The molecule has 3 unspecified atom stereocenters. The molecule has 3 saturated carbocycles. The van der Waals surface area contributed by atoms with Crippen molar-refractivity contribution in [2.75, 3.05) is 13.2 Å². The van der Waals surface area contributed by atoms with Gasteiger partial charge in [0.25, 0.3) is 0 Å². The maximum absolute atomic E-state index is 7.21. The molecule has 45 heavy (non-hydrogen) atoms. The molecule has 3 aliphatic rings. The van der Waals surface area contributed by atoms with Crippen molar-refractivity contribution in [3.05, 3.63) is 12.7 Å². The topological polar surface area (TPSA) is 27.7 Å². The summed E-state index contributed by atoms with van der Waals surface area (Å²) in [5.74, 6) is 3.12. The molecule has 0 aliphatic heterocycles. The quantitative estimate of drug-likeness (QED) is 0.170. The third-order valence-corrected chi connectivity index (χ3v) is 28.8. The molecule has 0 aromatic carbocycles. The van der Waals surface area contributed by atoms with Gasteiger partial charge in [-0.25, -0.2) is 0 Å². The van der Waals surface area contributed by atoms with Gasteiger partial charge in [-0.15, -0.1) is 6.58 Å². The molecule has 0 spiro atoms. The molecule has 0 amide bonds. The van der Waals surface area contributed by atoms with E-state index in [-0.39, 0.29) is 20.5 Å². The number of allylic oxidation sites excluding steroid dienone is 1. The van der Waals surface area contributed by atoms with Crippen LogP contribution in [0.5, 0.6) is 0 Å². The molecule has 3 aliphatic carbocycles. The molecule has 0 saturated heterocycles. The van der Waals surface area contributed by atoms with Crippen LogP contribution in [0.2, 0.25) is 54.4 Å². The molecule has 3 rings (SSSR count). The standard InChI is InChI=1S/C39H78O3Si3/c1-19-29-20-21-33-32(28-41-44(15,16)36(5,6)7)34(23-25-38(29,33)11)39(12)24-22-31(42-45(17,18)37(8,9)10)26-30(39)27-40-43(13,14)35(2,3)4/h19,29-34H,1,20-28H2,2-18H3/t29?,30-,31+,32+,33?,34?,38-,39+/m1/s1. The molecule has 0 aromatic rings. The highest BCUT2D eigenvalue weighted by molar-refractivity contribution is 6.74. The van der Waals surface area contributed by atoms with Gasteiger partial charge in [0.15, 0.2) is 25.0 Å². The van der Waals surface area contributed by atoms with Gasteiger partial charge in [-0.3, -0.25) is 0 Å². The van der Waals surface area contributed by atoms with E-state index in [1.165, 1.54) is 38.5 Å². The zero-order chi connectivity index (χ0) is 34.7. The first-order valence-corrected chi connectivity index (χ1v) is 27.4.